The molecule has 1 N–H and O–H groups in total. The number of hydrogen-bond donors (Lipinski definition) is 1. The van der Waals surface area contributed by atoms with Gasteiger partial charge in [-0.05, 0) is 66.6 Å². The maximum Gasteiger partial charge on any atom is 0.248 e. The summed E-state index contributed by atoms with van der Waals surface area (Å²) in [6, 6.07) is 18.6. The lowest BCUT2D eigenvalue weighted by molar-refractivity contribution is -0.117. The first kappa shape index (κ1) is 28.1. The zero-order valence-electron chi connectivity index (χ0n) is 22.6. The number of carbonyl (C=O) groups is 2. The number of nitrogens with zero attached hydrogens (tertiary/aromatic N) is 1. The summed E-state index contributed by atoms with van der Waals surface area (Å²) in [6.45, 7) is 12.0. The van der Waals surface area contributed by atoms with Crippen molar-refractivity contribution in [2.45, 2.75) is 59.4 Å². The summed E-state index contributed by atoms with van der Waals surface area (Å²) in [7, 11) is -3.75. The molecule has 1 unspecified atom stereocenters. The number of benzene rings is 3. The van der Waals surface area contributed by atoms with Crippen LogP contribution in [0, 0.1) is 13.8 Å². The number of ketones is 1. The summed E-state index contributed by atoms with van der Waals surface area (Å²) < 4.78 is 26.7. The average molecular weight is 521 g/mol. The summed E-state index contributed by atoms with van der Waals surface area (Å²) >= 11 is 0. The van der Waals surface area contributed by atoms with Gasteiger partial charge >= 0.3 is 0 Å². The normalized spacial score (nSPS) is 12.6. The fraction of sp³-hybridized carbons (Fsp3) is 0.333. The van der Waals surface area contributed by atoms with E-state index in [0.717, 1.165) is 22.9 Å². The van der Waals surface area contributed by atoms with Crippen molar-refractivity contribution in [3.63, 3.8) is 0 Å². The van der Waals surface area contributed by atoms with Gasteiger partial charge in [0.15, 0.2) is 5.78 Å². The van der Waals surface area contributed by atoms with E-state index in [1.165, 1.54) is 4.31 Å². The van der Waals surface area contributed by atoms with Crippen molar-refractivity contribution < 1.29 is 18.0 Å². The molecule has 7 heteroatoms. The van der Waals surface area contributed by atoms with Crippen LogP contribution in [0.25, 0.3) is 0 Å². The van der Waals surface area contributed by atoms with E-state index in [1.807, 2.05) is 44.2 Å². The number of aryl methyl sites for hydroxylation is 2. The summed E-state index contributed by atoms with van der Waals surface area (Å²) in [5.41, 5.74) is 4.94. The second-order valence-corrected chi connectivity index (χ2v) is 12.3. The Labute approximate surface area is 220 Å². The van der Waals surface area contributed by atoms with Crippen LogP contribution in [-0.2, 0) is 20.2 Å². The van der Waals surface area contributed by atoms with Gasteiger partial charge in [-0.15, -0.1) is 0 Å². The Hall–Kier alpha value is -3.45. The van der Waals surface area contributed by atoms with E-state index in [1.54, 1.807) is 43.3 Å². The van der Waals surface area contributed by atoms with E-state index in [9.17, 15) is 18.0 Å². The molecule has 0 fully saturated rings. The largest absolute Gasteiger partial charge is 0.324 e. The molecular weight excluding hydrogens is 484 g/mol. The van der Waals surface area contributed by atoms with Crippen molar-refractivity contribution in [2.24, 2.45) is 0 Å². The van der Waals surface area contributed by atoms with E-state index in [0.29, 0.717) is 22.5 Å². The van der Waals surface area contributed by atoms with E-state index < -0.39 is 22.0 Å². The third-order valence-corrected chi connectivity index (χ3v) is 7.66. The zero-order chi connectivity index (χ0) is 27.5. The Balaban J connectivity index is 1.86. The first-order chi connectivity index (χ1) is 17.2. The fourth-order valence-electron chi connectivity index (χ4n) is 4.17. The molecule has 0 saturated heterocycles. The number of carbonyl (C=O) groups excluding carboxylic acids is 2. The smallest absolute Gasteiger partial charge is 0.248 e. The summed E-state index contributed by atoms with van der Waals surface area (Å²) in [5.74, 6) is -0.623. The quantitative estimate of drug-likeness (QED) is 0.369. The lowest BCUT2D eigenvalue weighted by atomic mass is 9.86. The highest BCUT2D eigenvalue weighted by Gasteiger charge is 2.32. The third kappa shape index (κ3) is 6.66. The van der Waals surface area contributed by atoms with Crippen LogP contribution >= 0.6 is 0 Å². The molecule has 3 aromatic rings. The molecule has 1 amide bonds. The van der Waals surface area contributed by atoms with Crippen LogP contribution < -0.4 is 9.62 Å². The minimum atomic E-state index is -3.75. The van der Waals surface area contributed by atoms with Gasteiger partial charge in [-0.1, -0.05) is 70.2 Å². The molecule has 3 aromatic carbocycles. The highest BCUT2D eigenvalue weighted by molar-refractivity contribution is 7.92. The fourth-order valence-corrected chi connectivity index (χ4v) is 5.38. The molecule has 0 aliphatic carbocycles. The molecule has 0 heterocycles. The maximum atomic E-state index is 13.3. The Morgan fingerprint density at radius 3 is 2.08 bits per heavy atom. The van der Waals surface area contributed by atoms with Gasteiger partial charge in [0.25, 0.3) is 0 Å². The van der Waals surface area contributed by atoms with Crippen LogP contribution in [0.3, 0.4) is 0 Å². The number of anilines is 2. The van der Waals surface area contributed by atoms with E-state index in [4.69, 9.17) is 0 Å². The minimum absolute atomic E-state index is 0.0152. The zero-order valence-corrected chi connectivity index (χ0v) is 23.4. The first-order valence-corrected chi connectivity index (χ1v) is 14.2. The molecular formula is C30H36N2O4S. The number of rotatable bonds is 8. The Morgan fingerprint density at radius 1 is 0.892 bits per heavy atom. The standard InChI is InChI=1S/C30H36N2O4S/c1-8-27(32(37(7,35)36)26-17-12-20(2)21(3)18-26)29(34)31-25-11-9-10-23(19-25)28(33)22-13-15-24(16-14-22)30(4,5)6/h9-19,27H,8H2,1-7H3,(H,31,34). The van der Waals surface area contributed by atoms with E-state index in [-0.39, 0.29) is 17.6 Å². The topological polar surface area (TPSA) is 83.6 Å². The van der Waals surface area contributed by atoms with Crippen LogP contribution in [-0.4, -0.2) is 32.4 Å². The molecule has 196 valence electrons. The van der Waals surface area contributed by atoms with Crippen LogP contribution in [0.1, 0.15) is 66.7 Å². The Bertz CT molecular complexity index is 1400. The Kier molecular flexibility index (Phi) is 8.28. The molecule has 0 aliphatic rings. The molecule has 0 aromatic heterocycles. The van der Waals surface area contributed by atoms with Gasteiger partial charge < -0.3 is 5.32 Å². The summed E-state index contributed by atoms with van der Waals surface area (Å²) in [4.78, 5) is 26.5. The SMILES string of the molecule is CCC(C(=O)Nc1cccc(C(=O)c2ccc(C(C)(C)C)cc2)c1)N(c1ccc(C)c(C)c1)S(C)(=O)=O. The van der Waals surface area contributed by atoms with Gasteiger partial charge in [0, 0.05) is 16.8 Å². The van der Waals surface area contributed by atoms with E-state index in [2.05, 4.69) is 26.1 Å². The summed E-state index contributed by atoms with van der Waals surface area (Å²) in [5, 5.41) is 2.82. The molecule has 6 nitrogen and oxygen atoms in total. The van der Waals surface area contributed by atoms with Gasteiger partial charge in [0.1, 0.15) is 6.04 Å². The molecule has 3 rings (SSSR count). The third-order valence-electron chi connectivity index (χ3n) is 6.48. The van der Waals surface area contributed by atoms with Crippen molar-refractivity contribution in [2.75, 3.05) is 15.9 Å². The van der Waals surface area contributed by atoms with Crippen molar-refractivity contribution in [3.8, 4) is 0 Å². The molecule has 1 atom stereocenters. The van der Waals surface area contributed by atoms with Gasteiger partial charge in [-0.25, -0.2) is 8.42 Å². The Morgan fingerprint density at radius 2 is 1.54 bits per heavy atom. The highest BCUT2D eigenvalue weighted by Crippen LogP contribution is 2.27. The number of nitrogens with one attached hydrogen (secondary N) is 1. The van der Waals surface area contributed by atoms with Crippen molar-refractivity contribution in [3.05, 3.63) is 94.5 Å². The van der Waals surface area contributed by atoms with Gasteiger partial charge in [-0.2, -0.15) is 0 Å². The second kappa shape index (κ2) is 10.9. The predicted octanol–water partition coefficient (Wildman–Crippen LogP) is 6.02. The highest BCUT2D eigenvalue weighted by atomic mass is 32.2. The molecule has 0 spiro atoms. The van der Waals surface area contributed by atoms with Crippen LogP contribution in [0.4, 0.5) is 11.4 Å². The monoisotopic (exact) mass is 520 g/mol. The summed E-state index contributed by atoms with van der Waals surface area (Å²) in [6.07, 6.45) is 1.37. The molecule has 0 bridgehead atoms. The van der Waals surface area contributed by atoms with Crippen LogP contribution in [0.15, 0.2) is 66.7 Å². The first-order valence-electron chi connectivity index (χ1n) is 12.3. The number of amides is 1. The average Bonchev–Trinajstić information content (AvgIpc) is 2.82. The number of hydrogen-bond acceptors (Lipinski definition) is 4. The van der Waals surface area contributed by atoms with Crippen LogP contribution in [0.2, 0.25) is 0 Å². The van der Waals surface area contributed by atoms with Crippen molar-refractivity contribution >= 4 is 33.1 Å². The lowest BCUT2D eigenvalue weighted by Crippen LogP contribution is -2.47. The molecule has 0 saturated carbocycles. The number of sulfonamides is 1. The van der Waals surface area contributed by atoms with Crippen molar-refractivity contribution in [1.29, 1.82) is 0 Å². The molecule has 37 heavy (non-hydrogen) atoms. The lowest BCUT2D eigenvalue weighted by Gasteiger charge is -2.30. The predicted molar refractivity (Wildman–Crippen MR) is 151 cm³/mol. The van der Waals surface area contributed by atoms with Gasteiger partial charge in [0.2, 0.25) is 15.9 Å². The van der Waals surface area contributed by atoms with Crippen molar-refractivity contribution in [1.82, 2.24) is 0 Å². The minimum Gasteiger partial charge on any atom is -0.324 e. The molecule has 0 radical (unpaired) electrons. The van der Waals surface area contributed by atoms with Gasteiger partial charge in [-0.3, -0.25) is 13.9 Å². The van der Waals surface area contributed by atoms with E-state index >= 15 is 0 Å². The van der Waals surface area contributed by atoms with Gasteiger partial charge in [0.05, 0.1) is 11.9 Å². The maximum absolute atomic E-state index is 13.3. The molecule has 0 aliphatic heterocycles. The van der Waals surface area contributed by atoms with Crippen LogP contribution in [0.5, 0.6) is 0 Å². The second-order valence-electron chi connectivity index (χ2n) is 10.5.